The number of aromatic nitrogens is 1. The number of ether oxygens (including phenoxy) is 5. The summed E-state index contributed by atoms with van der Waals surface area (Å²) in [5.41, 5.74) is 3.10. The molecule has 0 saturated carbocycles. The summed E-state index contributed by atoms with van der Waals surface area (Å²) in [5, 5.41) is 9.05. The second kappa shape index (κ2) is 16.5. The van der Waals surface area contributed by atoms with E-state index in [1.54, 1.807) is 50.3 Å². The smallest absolute Gasteiger partial charge is 0.343 e. The van der Waals surface area contributed by atoms with Gasteiger partial charge in [-0.15, -0.1) is 0 Å². The molecule has 14 heteroatoms. The number of hydrogen-bond acceptors (Lipinski definition) is 11. The van der Waals surface area contributed by atoms with E-state index in [0.29, 0.717) is 61.1 Å². The van der Waals surface area contributed by atoms with E-state index in [1.165, 1.54) is 23.0 Å². The standard InChI is InChI=1S/C36H31BrIN3O8S/c1-5-46-28-16-24(11-12-27(28)48-19-30(42)45-4)32-31(35(44)47-6-2)20(3)40-36-41(32)34(43)29(50-36)15-23-13-25(37)33(26(38)14-23)49-18-22-9-7-21(17-39)8-10-22/h7-16,32H,5-6,18-19H2,1-4H3/b29-15+/t32-/m1/s1. The van der Waals surface area contributed by atoms with Gasteiger partial charge < -0.3 is 23.7 Å². The number of fused-ring (bicyclic) bond motifs is 1. The third-order valence-corrected chi connectivity index (χ3v) is 9.83. The molecule has 0 fully saturated rings. The first kappa shape index (κ1) is 36.8. The molecule has 2 heterocycles. The number of nitrogens with zero attached hydrogens (tertiary/aromatic N) is 3. The SMILES string of the molecule is CCOC(=O)C1=C(C)N=c2s/c(=C/c3cc(Br)c(OCc4ccc(C#N)cc4)c(I)c3)c(=O)n2[C@@H]1c1ccc(OCC(=O)OC)c(OCC)c1. The molecule has 11 nitrogen and oxygen atoms in total. The number of benzene rings is 3. The molecule has 0 radical (unpaired) electrons. The van der Waals surface area contributed by atoms with Gasteiger partial charge in [0.25, 0.3) is 5.56 Å². The highest BCUT2D eigenvalue weighted by Gasteiger charge is 2.34. The first-order valence-electron chi connectivity index (χ1n) is 15.3. The molecule has 5 rings (SSSR count). The maximum atomic E-state index is 14.2. The van der Waals surface area contributed by atoms with Crippen molar-refractivity contribution in [3.63, 3.8) is 0 Å². The number of nitriles is 1. The van der Waals surface area contributed by atoms with E-state index in [4.69, 9.17) is 24.2 Å². The topological polar surface area (TPSA) is 138 Å². The zero-order chi connectivity index (χ0) is 35.9. The maximum absolute atomic E-state index is 14.2. The maximum Gasteiger partial charge on any atom is 0.343 e. The van der Waals surface area contributed by atoms with E-state index in [9.17, 15) is 14.4 Å². The summed E-state index contributed by atoms with van der Waals surface area (Å²) in [6.07, 6.45) is 1.77. The minimum Gasteiger partial charge on any atom is -0.490 e. The van der Waals surface area contributed by atoms with Crippen molar-refractivity contribution < 1.29 is 33.3 Å². The average Bonchev–Trinajstić information content (AvgIpc) is 3.40. The monoisotopic (exact) mass is 871 g/mol. The summed E-state index contributed by atoms with van der Waals surface area (Å²) < 4.78 is 31.1. The number of hydrogen-bond donors (Lipinski definition) is 0. The first-order valence-corrected chi connectivity index (χ1v) is 18.0. The summed E-state index contributed by atoms with van der Waals surface area (Å²) in [4.78, 5) is 44.4. The Morgan fingerprint density at radius 3 is 2.48 bits per heavy atom. The normalized spacial score (nSPS) is 13.9. The number of rotatable bonds is 12. The van der Waals surface area contributed by atoms with Crippen LogP contribution in [-0.2, 0) is 25.7 Å². The molecule has 0 unspecified atom stereocenters. The van der Waals surface area contributed by atoms with Crippen LogP contribution in [0.15, 0.2) is 80.1 Å². The van der Waals surface area contributed by atoms with Gasteiger partial charge in [0.05, 0.1) is 61.8 Å². The van der Waals surface area contributed by atoms with Gasteiger partial charge in [0.15, 0.2) is 22.9 Å². The summed E-state index contributed by atoms with van der Waals surface area (Å²) in [5.74, 6) is 0.129. The fourth-order valence-electron chi connectivity index (χ4n) is 5.17. The lowest BCUT2D eigenvalue weighted by atomic mass is 9.95. The van der Waals surface area contributed by atoms with Gasteiger partial charge in [0.1, 0.15) is 12.4 Å². The molecule has 1 aliphatic rings. The van der Waals surface area contributed by atoms with Crippen molar-refractivity contribution in [3.8, 4) is 23.3 Å². The number of allylic oxidation sites excluding steroid dienone is 1. The molecule has 1 aliphatic heterocycles. The number of methoxy groups -OCH3 is 1. The van der Waals surface area contributed by atoms with Crippen LogP contribution in [0.25, 0.3) is 6.08 Å². The Morgan fingerprint density at radius 1 is 1.06 bits per heavy atom. The summed E-state index contributed by atoms with van der Waals surface area (Å²) in [6, 6.07) is 17.2. The quantitative estimate of drug-likeness (QED) is 0.132. The van der Waals surface area contributed by atoms with Crippen LogP contribution in [0.5, 0.6) is 17.2 Å². The van der Waals surface area contributed by atoms with Gasteiger partial charge in [-0.3, -0.25) is 9.36 Å². The Morgan fingerprint density at radius 2 is 1.82 bits per heavy atom. The number of esters is 2. The van der Waals surface area contributed by atoms with Crippen molar-refractivity contribution in [3.05, 3.63) is 116 Å². The van der Waals surface area contributed by atoms with Crippen LogP contribution in [-0.4, -0.2) is 43.4 Å². The van der Waals surface area contributed by atoms with Crippen molar-refractivity contribution in [2.75, 3.05) is 26.9 Å². The first-order chi connectivity index (χ1) is 24.1. The highest BCUT2D eigenvalue weighted by molar-refractivity contribution is 14.1. The van der Waals surface area contributed by atoms with E-state index in [1.807, 2.05) is 31.2 Å². The van der Waals surface area contributed by atoms with E-state index in [2.05, 4.69) is 54.3 Å². The Kier molecular flexibility index (Phi) is 12.1. The molecular formula is C36H31BrIN3O8S. The van der Waals surface area contributed by atoms with Crippen LogP contribution >= 0.6 is 49.9 Å². The van der Waals surface area contributed by atoms with Gasteiger partial charge in [0.2, 0.25) is 0 Å². The van der Waals surface area contributed by atoms with Crippen molar-refractivity contribution in [2.45, 2.75) is 33.4 Å². The third-order valence-electron chi connectivity index (χ3n) is 7.46. The van der Waals surface area contributed by atoms with Crippen LogP contribution in [0.3, 0.4) is 0 Å². The fourth-order valence-corrected chi connectivity index (χ4v) is 7.98. The Labute approximate surface area is 313 Å². The minimum atomic E-state index is -0.883. The van der Waals surface area contributed by atoms with Gasteiger partial charge in [-0.05, 0) is 118 Å². The number of carbonyl (C=O) groups excluding carboxylic acids is 2. The second-order valence-corrected chi connectivity index (χ2v) is 13.7. The van der Waals surface area contributed by atoms with Crippen molar-refractivity contribution >= 4 is 67.9 Å². The number of thiazole rings is 1. The largest absolute Gasteiger partial charge is 0.490 e. The van der Waals surface area contributed by atoms with E-state index >= 15 is 0 Å². The van der Waals surface area contributed by atoms with Gasteiger partial charge in [-0.1, -0.05) is 29.5 Å². The third kappa shape index (κ3) is 8.11. The predicted molar refractivity (Wildman–Crippen MR) is 198 cm³/mol. The lowest BCUT2D eigenvalue weighted by molar-refractivity contribution is -0.143. The molecule has 0 aliphatic carbocycles. The van der Waals surface area contributed by atoms with Gasteiger partial charge in [0, 0.05) is 0 Å². The van der Waals surface area contributed by atoms with E-state index in [-0.39, 0.29) is 24.3 Å². The van der Waals surface area contributed by atoms with Gasteiger partial charge in [-0.25, -0.2) is 14.6 Å². The lowest BCUT2D eigenvalue weighted by Gasteiger charge is -2.25. The highest BCUT2D eigenvalue weighted by atomic mass is 127. The molecular weight excluding hydrogens is 841 g/mol. The molecule has 0 spiro atoms. The van der Waals surface area contributed by atoms with Crippen LogP contribution in [0.1, 0.15) is 49.1 Å². The molecule has 0 N–H and O–H groups in total. The van der Waals surface area contributed by atoms with Crippen molar-refractivity contribution in [2.24, 2.45) is 4.99 Å². The number of halogens is 2. The summed E-state index contributed by atoms with van der Waals surface area (Å²) >= 11 is 7.01. The van der Waals surface area contributed by atoms with E-state index < -0.39 is 18.0 Å². The molecule has 0 bridgehead atoms. The Bertz CT molecular complexity index is 2180. The molecule has 3 aromatic carbocycles. The Hall–Kier alpha value is -4.46. The fraction of sp³-hybridized carbons (Fsp3) is 0.250. The average molecular weight is 873 g/mol. The molecule has 258 valence electrons. The molecule has 1 atom stereocenters. The number of carbonyl (C=O) groups is 2. The molecule has 4 aromatic rings. The van der Waals surface area contributed by atoms with Crippen LogP contribution in [0, 0.1) is 14.9 Å². The predicted octanol–water partition coefficient (Wildman–Crippen LogP) is 5.57. The highest BCUT2D eigenvalue weighted by Crippen LogP contribution is 2.37. The zero-order valence-corrected chi connectivity index (χ0v) is 32.0. The van der Waals surface area contributed by atoms with Crippen molar-refractivity contribution in [1.82, 2.24) is 4.57 Å². The second-order valence-electron chi connectivity index (χ2n) is 10.7. The van der Waals surface area contributed by atoms with Gasteiger partial charge in [-0.2, -0.15) is 5.26 Å². The van der Waals surface area contributed by atoms with Crippen LogP contribution in [0.4, 0.5) is 0 Å². The molecule has 1 aromatic heterocycles. The van der Waals surface area contributed by atoms with E-state index in [0.717, 1.165) is 14.7 Å². The summed E-state index contributed by atoms with van der Waals surface area (Å²) in [6.45, 7) is 5.65. The molecule has 0 saturated heterocycles. The zero-order valence-electron chi connectivity index (χ0n) is 27.5. The minimum absolute atomic E-state index is 0.137. The molecule has 50 heavy (non-hydrogen) atoms. The van der Waals surface area contributed by atoms with Crippen molar-refractivity contribution in [1.29, 1.82) is 5.26 Å². The molecule has 0 amide bonds. The Balaban J connectivity index is 1.55. The lowest BCUT2D eigenvalue weighted by Crippen LogP contribution is -2.40. The van der Waals surface area contributed by atoms with Gasteiger partial charge >= 0.3 is 11.9 Å². The van der Waals surface area contributed by atoms with Crippen LogP contribution < -0.4 is 29.1 Å². The van der Waals surface area contributed by atoms with Crippen LogP contribution in [0.2, 0.25) is 0 Å². The summed E-state index contributed by atoms with van der Waals surface area (Å²) in [7, 11) is 1.27.